The van der Waals surface area contributed by atoms with Crippen LogP contribution in [0.1, 0.15) is 25.7 Å². The Hall–Kier alpha value is -2.09. The second-order valence-corrected chi connectivity index (χ2v) is 5.15. The largest absolute Gasteiger partial charge is 0.343 e. The van der Waals surface area contributed by atoms with Gasteiger partial charge in [-0.05, 0) is 18.8 Å². The van der Waals surface area contributed by atoms with Crippen LogP contribution in [0.4, 0.5) is 0 Å². The van der Waals surface area contributed by atoms with Crippen LogP contribution in [0, 0.1) is 18.3 Å². The van der Waals surface area contributed by atoms with Crippen LogP contribution in [-0.2, 0) is 14.4 Å². The van der Waals surface area contributed by atoms with E-state index in [9.17, 15) is 14.4 Å². The number of nitrogens with zero attached hydrogens (tertiary/aromatic N) is 2. The lowest BCUT2D eigenvalue weighted by Crippen LogP contribution is -2.42. The Bertz CT molecular complexity index is 464. The SMILES string of the molecule is C#CCCC(=O)N1CCC(CN2C(=O)C=CC2=O)CC1. The van der Waals surface area contributed by atoms with Gasteiger partial charge in [-0.3, -0.25) is 19.3 Å². The molecule has 2 rings (SSSR count). The van der Waals surface area contributed by atoms with Crippen LogP contribution in [0.5, 0.6) is 0 Å². The number of carbonyl (C=O) groups is 3. The predicted molar refractivity (Wildman–Crippen MR) is 73.2 cm³/mol. The fourth-order valence-electron chi connectivity index (χ4n) is 2.57. The van der Waals surface area contributed by atoms with E-state index >= 15 is 0 Å². The van der Waals surface area contributed by atoms with Gasteiger partial charge in [-0.15, -0.1) is 12.3 Å². The van der Waals surface area contributed by atoms with Crippen molar-refractivity contribution in [3.05, 3.63) is 12.2 Å². The summed E-state index contributed by atoms with van der Waals surface area (Å²) in [6.07, 6.45) is 10.3. The second kappa shape index (κ2) is 6.38. The summed E-state index contributed by atoms with van der Waals surface area (Å²) in [7, 11) is 0. The zero-order valence-corrected chi connectivity index (χ0v) is 11.4. The van der Waals surface area contributed by atoms with Gasteiger partial charge in [-0.25, -0.2) is 0 Å². The number of hydrogen-bond donors (Lipinski definition) is 0. The van der Waals surface area contributed by atoms with Crippen LogP contribution in [0.3, 0.4) is 0 Å². The van der Waals surface area contributed by atoms with Crippen molar-refractivity contribution in [3.63, 3.8) is 0 Å². The Morgan fingerprint density at radius 2 is 1.85 bits per heavy atom. The molecule has 3 amide bonds. The molecule has 106 valence electrons. The lowest BCUT2D eigenvalue weighted by Gasteiger charge is -2.33. The molecule has 2 heterocycles. The van der Waals surface area contributed by atoms with Crippen LogP contribution in [0.2, 0.25) is 0 Å². The van der Waals surface area contributed by atoms with Gasteiger partial charge in [-0.1, -0.05) is 0 Å². The fraction of sp³-hybridized carbons (Fsp3) is 0.533. The van der Waals surface area contributed by atoms with Crippen LogP contribution in [0.15, 0.2) is 12.2 Å². The smallest absolute Gasteiger partial charge is 0.253 e. The van der Waals surface area contributed by atoms with Crippen molar-refractivity contribution >= 4 is 17.7 Å². The number of likely N-dealkylation sites (tertiary alicyclic amines) is 1. The van der Waals surface area contributed by atoms with E-state index in [0.717, 1.165) is 12.8 Å². The normalized spacial score (nSPS) is 19.6. The second-order valence-electron chi connectivity index (χ2n) is 5.15. The molecule has 0 aromatic heterocycles. The number of imide groups is 1. The number of amides is 3. The van der Waals surface area contributed by atoms with Gasteiger partial charge < -0.3 is 4.90 Å². The quantitative estimate of drug-likeness (QED) is 0.556. The first-order valence-electron chi connectivity index (χ1n) is 6.86. The van der Waals surface area contributed by atoms with Crippen molar-refractivity contribution in [1.82, 2.24) is 9.80 Å². The van der Waals surface area contributed by atoms with E-state index in [4.69, 9.17) is 6.42 Å². The van der Waals surface area contributed by atoms with Crippen LogP contribution in [-0.4, -0.2) is 47.2 Å². The molecule has 0 aromatic rings. The Balaban J connectivity index is 1.77. The van der Waals surface area contributed by atoms with Crippen molar-refractivity contribution in [2.45, 2.75) is 25.7 Å². The van der Waals surface area contributed by atoms with E-state index < -0.39 is 0 Å². The molecule has 1 fully saturated rings. The molecule has 0 N–H and O–H groups in total. The average Bonchev–Trinajstić information content (AvgIpc) is 2.77. The molecule has 1 saturated heterocycles. The van der Waals surface area contributed by atoms with Gasteiger partial charge in [0, 0.05) is 44.6 Å². The number of piperidine rings is 1. The topological polar surface area (TPSA) is 57.7 Å². The molecule has 20 heavy (non-hydrogen) atoms. The molecule has 0 atom stereocenters. The number of terminal acetylenes is 1. The van der Waals surface area contributed by atoms with Gasteiger partial charge >= 0.3 is 0 Å². The van der Waals surface area contributed by atoms with E-state index in [1.807, 2.05) is 4.90 Å². The molecule has 0 spiro atoms. The van der Waals surface area contributed by atoms with Gasteiger partial charge in [-0.2, -0.15) is 0 Å². The average molecular weight is 274 g/mol. The predicted octanol–water partition coefficient (Wildman–Crippen LogP) is 0.563. The molecule has 2 aliphatic rings. The maximum atomic E-state index is 11.8. The van der Waals surface area contributed by atoms with E-state index in [1.165, 1.54) is 17.1 Å². The van der Waals surface area contributed by atoms with E-state index in [2.05, 4.69) is 5.92 Å². The van der Waals surface area contributed by atoms with Crippen molar-refractivity contribution in [2.75, 3.05) is 19.6 Å². The number of carbonyl (C=O) groups excluding carboxylic acids is 3. The first kappa shape index (κ1) is 14.3. The fourth-order valence-corrected chi connectivity index (χ4v) is 2.57. The van der Waals surface area contributed by atoms with Gasteiger partial charge in [0.1, 0.15) is 0 Å². The summed E-state index contributed by atoms with van der Waals surface area (Å²) in [6.45, 7) is 1.81. The van der Waals surface area contributed by atoms with E-state index in [-0.39, 0.29) is 23.6 Å². The summed E-state index contributed by atoms with van der Waals surface area (Å²) in [5.41, 5.74) is 0. The van der Waals surface area contributed by atoms with Crippen LogP contribution >= 0.6 is 0 Å². The van der Waals surface area contributed by atoms with Gasteiger partial charge in [0.2, 0.25) is 5.91 Å². The molecule has 0 radical (unpaired) electrons. The third-order valence-electron chi connectivity index (χ3n) is 3.79. The Morgan fingerprint density at radius 3 is 2.40 bits per heavy atom. The Labute approximate surface area is 118 Å². The van der Waals surface area contributed by atoms with Gasteiger partial charge in [0.25, 0.3) is 11.8 Å². The Kier molecular flexibility index (Phi) is 4.57. The van der Waals surface area contributed by atoms with Crippen molar-refractivity contribution < 1.29 is 14.4 Å². The summed E-state index contributed by atoms with van der Waals surface area (Å²) >= 11 is 0. The van der Waals surface area contributed by atoms with Crippen molar-refractivity contribution in [3.8, 4) is 12.3 Å². The molecule has 0 saturated carbocycles. The first-order valence-corrected chi connectivity index (χ1v) is 6.86. The van der Waals surface area contributed by atoms with Gasteiger partial charge in [0.15, 0.2) is 0 Å². The Morgan fingerprint density at radius 1 is 1.25 bits per heavy atom. The minimum Gasteiger partial charge on any atom is -0.343 e. The zero-order valence-electron chi connectivity index (χ0n) is 11.4. The van der Waals surface area contributed by atoms with E-state index in [1.54, 1.807) is 0 Å². The third kappa shape index (κ3) is 3.27. The van der Waals surface area contributed by atoms with Crippen molar-refractivity contribution in [2.24, 2.45) is 5.92 Å². The van der Waals surface area contributed by atoms with E-state index in [0.29, 0.717) is 32.5 Å². The maximum Gasteiger partial charge on any atom is 0.253 e. The maximum absolute atomic E-state index is 11.8. The summed E-state index contributed by atoms with van der Waals surface area (Å²) in [4.78, 5) is 37.9. The van der Waals surface area contributed by atoms with Crippen molar-refractivity contribution in [1.29, 1.82) is 0 Å². The molecule has 0 aliphatic carbocycles. The standard InChI is InChI=1S/C15H18N2O3/c1-2-3-4-13(18)16-9-7-12(8-10-16)11-17-14(19)5-6-15(17)20/h1,5-6,12H,3-4,7-11H2. The first-order chi connectivity index (χ1) is 9.61. The lowest BCUT2D eigenvalue weighted by molar-refractivity contribution is -0.139. The highest BCUT2D eigenvalue weighted by atomic mass is 16.2. The highest BCUT2D eigenvalue weighted by Gasteiger charge is 2.29. The van der Waals surface area contributed by atoms with Gasteiger partial charge in [0.05, 0.1) is 0 Å². The number of rotatable bonds is 4. The summed E-state index contributed by atoms with van der Waals surface area (Å²) in [6, 6.07) is 0. The summed E-state index contributed by atoms with van der Waals surface area (Å²) in [5, 5.41) is 0. The van der Waals surface area contributed by atoms with Crippen LogP contribution in [0.25, 0.3) is 0 Å². The molecule has 0 aromatic carbocycles. The third-order valence-corrected chi connectivity index (χ3v) is 3.79. The summed E-state index contributed by atoms with van der Waals surface area (Å²) in [5.74, 6) is 2.37. The highest BCUT2D eigenvalue weighted by molar-refractivity contribution is 6.12. The monoisotopic (exact) mass is 274 g/mol. The highest BCUT2D eigenvalue weighted by Crippen LogP contribution is 2.20. The molecular formula is C15H18N2O3. The lowest BCUT2D eigenvalue weighted by atomic mass is 9.96. The number of hydrogen-bond acceptors (Lipinski definition) is 3. The molecule has 0 unspecified atom stereocenters. The zero-order chi connectivity index (χ0) is 14.5. The van der Waals surface area contributed by atoms with Crippen LogP contribution < -0.4 is 0 Å². The molecule has 5 heteroatoms. The molecule has 0 bridgehead atoms. The minimum absolute atomic E-state index is 0.0939. The summed E-state index contributed by atoms with van der Waals surface area (Å²) < 4.78 is 0. The molecular weight excluding hydrogens is 256 g/mol. The molecule has 5 nitrogen and oxygen atoms in total. The minimum atomic E-state index is -0.234. The molecule has 2 aliphatic heterocycles.